The van der Waals surface area contributed by atoms with Crippen LogP contribution in [0.15, 0.2) is 188 Å². The van der Waals surface area contributed by atoms with E-state index < -0.39 is 8.07 Å². The maximum Gasteiger partial charge on any atom is 0.179 e. The molecule has 54 heavy (non-hydrogen) atoms. The first-order chi connectivity index (χ1) is 26.5. The lowest BCUT2D eigenvalue weighted by Gasteiger charge is -2.42. The van der Waals surface area contributed by atoms with Crippen molar-refractivity contribution in [3.05, 3.63) is 199 Å². The maximum absolute atomic E-state index is 5.19. The Bertz CT molecular complexity index is 2770. The van der Waals surface area contributed by atoms with Crippen LogP contribution >= 0.6 is 11.3 Å². The summed E-state index contributed by atoms with van der Waals surface area (Å²) in [4.78, 5) is 12.4. The standard InChI is InChI=1S/C49H37N3SSi/c1-49(2)41-28-29-45-46(40-24-9-10-27-44(40)53-45)47(41)52(48-42(49)25-15-31-51-48)35-17-14-23-39(33-35)54(36-18-5-3-6-19-36,37-20-7-4-8-21-37)38-22-13-16-34(32-38)43-26-11-12-30-50-43/h3-33H,1-2H3. The minimum absolute atomic E-state index is 0.247. The van der Waals surface area contributed by atoms with Gasteiger partial charge in [0.05, 0.1) is 11.4 Å². The number of hydrogen-bond acceptors (Lipinski definition) is 4. The number of thiophene rings is 1. The normalized spacial score (nSPS) is 13.5. The number of fused-ring (bicyclic) bond motifs is 6. The monoisotopic (exact) mass is 727 g/mol. The summed E-state index contributed by atoms with van der Waals surface area (Å²) in [6.45, 7) is 4.69. The summed E-state index contributed by atoms with van der Waals surface area (Å²) in [5.74, 6) is 0.985. The van der Waals surface area contributed by atoms with E-state index in [9.17, 15) is 0 Å². The van der Waals surface area contributed by atoms with Crippen LogP contribution in [-0.2, 0) is 5.41 Å². The Labute approximate surface area is 320 Å². The predicted octanol–water partition coefficient (Wildman–Crippen LogP) is 10.00. The molecule has 5 heteroatoms. The Morgan fingerprint density at radius 3 is 1.94 bits per heavy atom. The van der Waals surface area contributed by atoms with Crippen LogP contribution in [-0.4, -0.2) is 18.0 Å². The molecule has 1 aliphatic rings. The molecule has 0 saturated heterocycles. The van der Waals surface area contributed by atoms with Gasteiger partial charge in [-0.15, -0.1) is 11.3 Å². The summed E-state index contributed by atoms with van der Waals surface area (Å²) >= 11 is 1.87. The first kappa shape index (κ1) is 32.5. The van der Waals surface area contributed by atoms with Crippen molar-refractivity contribution in [2.45, 2.75) is 19.3 Å². The number of aromatic nitrogens is 2. The molecule has 0 aliphatic carbocycles. The van der Waals surface area contributed by atoms with E-state index in [0.717, 1.165) is 22.8 Å². The molecule has 0 unspecified atom stereocenters. The van der Waals surface area contributed by atoms with Crippen LogP contribution in [0.25, 0.3) is 31.4 Å². The van der Waals surface area contributed by atoms with Crippen LogP contribution in [0.1, 0.15) is 25.0 Å². The van der Waals surface area contributed by atoms with Crippen molar-refractivity contribution in [2.24, 2.45) is 0 Å². The fraction of sp³-hybridized carbons (Fsp3) is 0.0612. The van der Waals surface area contributed by atoms with E-state index in [0.29, 0.717) is 0 Å². The van der Waals surface area contributed by atoms with Gasteiger partial charge in [0.1, 0.15) is 5.82 Å². The largest absolute Gasteiger partial charge is 0.294 e. The molecular formula is C49H37N3SSi. The van der Waals surface area contributed by atoms with Gasteiger partial charge >= 0.3 is 0 Å². The van der Waals surface area contributed by atoms with Gasteiger partial charge in [-0.2, -0.15) is 0 Å². The van der Waals surface area contributed by atoms with Gasteiger partial charge in [0, 0.05) is 54.8 Å². The highest BCUT2D eigenvalue weighted by Crippen LogP contribution is 2.55. The van der Waals surface area contributed by atoms with E-state index in [2.05, 4.69) is 189 Å². The molecular weight excluding hydrogens is 691 g/mol. The summed E-state index contributed by atoms with van der Waals surface area (Å²) < 4.78 is 2.58. The summed E-state index contributed by atoms with van der Waals surface area (Å²) in [5.41, 5.74) is 6.70. The molecule has 6 aromatic carbocycles. The SMILES string of the molecule is CC1(C)c2cccnc2N(c2cccc([Si](c3ccccc3)(c3ccccc3)c3cccc(-c4ccccn4)c3)c2)c2c1ccc1sc3ccccc3c21. The fourth-order valence-electron chi connectivity index (χ4n) is 8.80. The Morgan fingerprint density at radius 1 is 0.519 bits per heavy atom. The van der Waals surface area contributed by atoms with Gasteiger partial charge in [0.2, 0.25) is 0 Å². The molecule has 3 nitrogen and oxygen atoms in total. The molecule has 0 atom stereocenters. The summed E-state index contributed by atoms with van der Waals surface area (Å²) in [5, 5.41) is 7.86. The zero-order valence-electron chi connectivity index (χ0n) is 30.1. The molecule has 9 aromatic rings. The van der Waals surface area contributed by atoms with Crippen molar-refractivity contribution in [3.63, 3.8) is 0 Å². The molecule has 10 rings (SSSR count). The smallest absolute Gasteiger partial charge is 0.179 e. The van der Waals surface area contributed by atoms with Crippen LogP contribution in [0.3, 0.4) is 0 Å². The molecule has 3 aromatic heterocycles. The van der Waals surface area contributed by atoms with Crippen LogP contribution in [0.2, 0.25) is 0 Å². The highest BCUT2D eigenvalue weighted by atomic mass is 32.1. The third kappa shape index (κ3) is 4.93. The Kier molecular flexibility index (Phi) is 7.68. The molecule has 0 radical (unpaired) electrons. The highest BCUT2D eigenvalue weighted by Gasteiger charge is 2.43. The number of anilines is 3. The molecule has 0 saturated carbocycles. The number of benzene rings is 6. The van der Waals surface area contributed by atoms with E-state index in [1.165, 1.54) is 57.7 Å². The van der Waals surface area contributed by atoms with Crippen molar-refractivity contribution in [3.8, 4) is 11.3 Å². The van der Waals surface area contributed by atoms with Gasteiger partial charge in [-0.25, -0.2) is 4.98 Å². The Balaban J connectivity index is 1.29. The average Bonchev–Trinajstić information content (AvgIpc) is 3.62. The Morgan fingerprint density at radius 2 is 1.19 bits per heavy atom. The zero-order valence-corrected chi connectivity index (χ0v) is 32.0. The van der Waals surface area contributed by atoms with E-state index in [1.54, 1.807) is 0 Å². The maximum atomic E-state index is 5.19. The van der Waals surface area contributed by atoms with Crippen molar-refractivity contribution < 1.29 is 0 Å². The molecule has 1 aliphatic heterocycles. The van der Waals surface area contributed by atoms with Crippen molar-refractivity contribution in [1.29, 1.82) is 0 Å². The van der Waals surface area contributed by atoms with Crippen molar-refractivity contribution in [1.82, 2.24) is 9.97 Å². The molecule has 258 valence electrons. The van der Waals surface area contributed by atoms with E-state index in [1.807, 2.05) is 29.8 Å². The summed E-state index contributed by atoms with van der Waals surface area (Å²) in [6, 6.07) is 64.8. The van der Waals surface area contributed by atoms with E-state index >= 15 is 0 Å². The first-order valence-corrected chi connectivity index (χ1v) is 21.3. The van der Waals surface area contributed by atoms with Gasteiger partial charge in [0.15, 0.2) is 8.07 Å². The topological polar surface area (TPSA) is 29.0 Å². The molecule has 0 spiro atoms. The number of pyridine rings is 2. The average molecular weight is 728 g/mol. The van der Waals surface area contributed by atoms with Gasteiger partial charge in [0.25, 0.3) is 0 Å². The highest BCUT2D eigenvalue weighted by molar-refractivity contribution is 7.26. The Hall–Kier alpha value is -6.14. The fourth-order valence-corrected chi connectivity index (χ4v) is 14.7. The van der Waals surface area contributed by atoms with Gasteiger partial charge in [-0.1, -0.05) is 147 Å². The lowest BCUT2D eigenvalue weighted by atomic mass is 9.74. The molecule has 0 amide bonds. The van der Waals surface area contributed by atoms with Gasteiger partial charge in [-0.3, -0.25) is 9.88 Å². The van der Waals surface area contributed by atoms with Crippen molar-refractivity contribution in [2.75, 3.05) is 4.90 Å². The molecule has 0 fully saturated rings. The van der Waals surface area contributed by atoms with E-state index in [-0.39, 0.29) is 5.41 Å². The van der Waals surface area contributed by atoms with Gasteiger partial charge < -0.3 is 0 Å². The minimum Gasteiger partial charge on any atom is -0.294 e. The number of hydrogen-bond donors (Lipinski definition) is 0. The quantitative estimate of drug-likeness (QED) is 0.126. The second-order valence-electron chi connectivity index (χ2n) is 14.6. The van der Waals surface area contributed by atoms with E-state index in [4.69, 9.17) is 9.97 Å². The van der Waals surface area contributed by atoms with Gasteiger partial charge in [-0.05, 0) is 68.8 Å². The third-order valence-electron chi connectivity index (χ3n) is 11.3. The molecule has 0 bridgehead atoms. The van der Waals surface area contributed by atoms with Crippen molar-refractivity contribution >= 4 is 77.5 Å². The predicted molar refractivity (Wildman–Crippen MR) is 231 cm³/mol. The summed E-state index contributed by atoms with van der Waals surface area (Å²) in [7, 11) is -2.93. The van der Waals surface area contributed by atoms with Crippen LogP contribution in [0.4, 0.5) is 17.2 Å². The summed E-state index contributed by atoms with van der Waals surface area (Å²) in [6.07, 6.45) is 3.82. The lowest BCUT2D eigenvalue weighted by molar-refractivity contribution is 0.629. The third-order valence-corrected chi connectivity index (χ3v) is 17.2. The zero-order chi connectivity index (χ0) is 36.3. The van der Waals surface area contributed by atoms with Crippen LogP contribution in [0, 0.1) is 0 Å². The van der Waals surface area contributed by atoms with Crippen LogP contribution in [0.5, 0.6) is 0 Å². The minimum atomic E-state index is -2.93. The first-order valence-electron chi connectivity index (χ1n) is 18.5. The number of rotatable bonds is 6. The number of nitrogens with zero attached hydrogens (tertiary/aromatic N) is 3. The second kappa shape index (κ2) is 12.8. The second-order valence-corrected chi connectivity index (χ2v) is 19.5. The van der Waals surface area contributed by atoms with Crippen LogP contribution < -0.4 is 25.6 Å². The lowest BCUT2D eigenvalue weighted by Crippen LogP contribution is -2.74. The molecule has 4 heterocycles. The molecule has 0 N–H and O–H groups in total.